The average Bonchev–Trinajstić information content (AvgIpc) is 3.25. The van der Waals surface area contributed by atoms with Gasteiger partial charge in [-0.2, -0.15) is 4.52 Å². The van der Waals surface area contributed by atoms with Crippen molar-refractivity contribution in [1.29, 1.82) is 0 Å². The molecule has 1 aromatic carbocycles. The van der Waals surface area contributed by atoms with Gasteiger partial charge in [-0.15, -0.1) is 5.10 Å². The SMILES string of the molecule is CCc1nc2sc([C@H](c3ccc(Cl)c(Cl)c3)N3CCN(C(C)=O)CC3)c(O)n2n1. The van der Waals surface area contributed by atoms with Crippen molar-refractivity contribution in [3.05, 3.63) is 44.5 Å². The van der Waals surface area contributed by atoms with Crippen molar-refractivity contribution < 1.29 is 9.90 Å². The van der Waals surface area contributed by atoms with Gasteiger partial charge in [0.15, 0.2) is 5.82 Å². The summed E-state index contributed by atoms with van der Waals surface area (Å²) in [5, 5.41) is 16.3. The third-order valence-electron chi connectivity index (χ3n) is 5.19. The van der Waals surface area contributed by atoms with Crippen LogP contribution in [0, 0.1) is 0 Å². The number of hydrogen-bond donors (Lipinski definition) is 1. The fraction of sp³-hybridized carbons (Fsp3) is 0.421. The predicted octanol–water partition coefficient (Wildman–Crippen LogP) is 3.62. The molecule has 0 bridgehead atoms. The van der Waals surface area contributed by atoms with Crippen molar-refractivity contribution in [3.63, 3.8) is 0 Å². The van der Waals surface area contributed by atoms with Gasteiger partial charge in [-0.05, 0) is 17.7 Å². The minimum absolute atomic E-state index is 0.0736. The van der Waals surface area contributed by atoms with Crippen LogP contribution in [0.5, 0.6) is 5.88 Å². The van der Waals surface area contributed by atoms with Crippen molar-refractivity contribution in [2.24, 2.45) is 0 Å². The van der Waals surface area contributed by atoms with E-state index in [1.54, 1.807) is 13.0 Å². The van der Waals surface area contributed by atoms with Gasteiger partial charge in [0.05, 0.1) is 21.0 Å². The Morgan fingerprint density at radius 2 is 1.97 bits per heavy atom. The van der Waals surface area contributed by atoms with E-state index in [-0.39, 0.29) is 17.8 Å². The second-order valence-corrected chi connectivity index (χ2v) is 8.81. The molecule has 3 aromatic rings. The van der Waals surface area contributed by atoms with Crippen molar-refractivity contribution in [3.8, 4) is 5.88 Å². The van der Waals surface area contributed by atoms with Crippen LogP contribution >= 0.6 is 34.5 Å². The zero-order valence-corrected chi connectivity index (χ0v) is 18.4. The van der Waals surface area contributed by atoms with E-state index in [0.29, 0.717) is 53.4 Å². The summed E-state index contributed by atoms with van der Waals surface area (Å²) < 4.78 is 1.50. The molecule has 1 aliphatic rings. The Morgan fingerprint density at radius 3 is 2.55 bits per heavy atom. The molecule has 4 rings (SSSR count). The van der Waals surface area contributed by atoms with Gasteiger partial charge in [0.2, 0.25) is 16.7 Å². The minimum atomic E-state index is -0.238. The van der Waals surface area contributed by atoms with E-state index in [4.69, 9.17) is 23.2 Å². The lowest BCUT2D eigenvalue weighted by molar-refractivity contribution is -0.130. The number of carbonyl (C=O) groups is 1. The number of piperazine rings is 1. The Hall–Kier alpha value is -1.87. The Bertz CT molecular complexity index is 1060. The summed E-state index contributed by atoms with van der Waals surface area (Å²) in [7, 11) is 0. The number of hydrogen-bond acceptors (Lipinski definition) is 6. The van der Waals surface area contributed by atoms with E-state index in [2.05, 4.69) is 15.0 Å². The number of fused-ring (bicyclic) bond motifs is 1. The normalized spacial score (nSPS) is 16.5. The molecular formula is C19H21Cl2N5O2S. The summed E-state index contributed by atoms with van der Waals surface area (Å²) in [5.41, 5.74) is 0.922. The fourth-order valence-corrected chi connectivity index (χ4v) is 5.07. The van der Waals surface area contributed by atoms with E-state index in [0.717, 1.165) is 10.4 Å². The third kappa shape index (κ3) is 3.82. The first-order valence-corrected chi connectivity index (χ1v) is 11.0. The maximum atomic E-state index is 11.7. The molecule has 0 saturated carbocycles. The standard InChI is InChI=1S/C19H21Cl2N5O2S/c1-3-15-22-19-26(23-15)18(28)17(29-19)16(12-4-5-13(20)14(21)10-12)25-8-6-24(7-9-25)11(2)27/h4-5,10,16,28H,3,6-9H2,1-2H3/t16-/m0/s1. The van der Waals surface area contributed by atoms with Gasteiger partial charge in [-0.1, -0.05) is 47.5 Å². The molecule has 0 radical (unpaired) electrons. The van der Waals surface area contributed by atoms with Crippen LogP contribution in [-0.4, -0.2) is 61.6 Å². The number of benzene rings is 1. The average molecular weight is 454 g/mol. The van der Waals surface area contributed by atoms with Crippen molar-refractivity contribution in [1.82, 2.24) is 24.4 Å². The molecular weight excluding hydrogens is 433 g/mol. The summed E-state index contributed by atoms with van der Waals surface area (Å²) in [6, 6.07) is 5.28. The maximum Gasteiger partial charge on any atom is 0.230 e. The van der Waals surface area contributed by atoms with E-state index >= 15 is 0 Å². The van der Waals surface area contributed by atoms with Crippen molar-refractivity contribution in [2.75, 3.05) is 26.2 Å². The van der Waals surface area contributed by atoms with Crippen LogP contribution in [0.1, 0.15) is 36.2 Å². The van der Waals surface area contributed by atoms with E-state index < -0.39 is 0 Å². The monoisotopic (exact) mass is 453 g/mol. The van der Waals surface area contributed by atoms with Crippen LogP contribution in [0.15, 0.2) is 18.2 Å². The molecule has 29 heavy (non-hydrogen) atoms. The number of carbonyl (C=O) groups excluding carboxylic acids is 1. The number of rotatable bonds is 4. The lowest BCUT2D eigenvalue weighted by Crippen LogP contribution is -2.49. The Balaban J connectivity index is 1.76. The largest absolute Gasteiger partial charge is 0.492 e. The van der Waals surface area contributed by atoms with Gasteiger partial charge < -0.3 is 10.0 Å². The van der Waals surface area contributed by atoms with E-state index in [9.17, 15) is 9.90 Å². The number of nitrogens with zero attached hydrogens (tertiary/aromatic N) is 5. The summed E-state index contributed by atoms with van der Waals surface area (Å²) >= 11 is 13.8. The highest BCUT2D eigenvalue weighted by Crippen LogP contribution is 2.41. The van der Waals surface area contributed by atoms with Crippen LogP contribution in [0.2, 0.25) is 10.0 Å². The molecule has 154 valence electrons. The molecule has 3 heterocycles. The van der Waals surface area contributed by atoms with Gasteiger partial charge in [0, 0.05) is 39.5 Å². The number of aromatic hydroxyl groups is 1. The fourth-order valence-electron chi connectivity index (χ4n) is 3.62. The van der Waals surface area contributed by atoms with Crippen molar-refractivity contribution >= 4 is 45.4 Å². The second kappa shape index (κ2) is 8.10. The van der Waals surface area contributed by atoms with Gasteiger partial charge >= 0.3 is 0 Å². The molecule has 1 atom stereocenters. The maximum absolute atomic E-state index is 11.7. The molecule has 7 nitrogen and oxygen atoms in total. The molecule has 10 heteroatoms. The molecule has 1 N–H and O–H groups in total. The van der Waals surface area contributed by atoms with Gasteiger partial charge in [-0.3, -0.25) is 9.69 Å². The summed E-state index contributed by atoms with van der Waals surface area (Å²) in [6.45, 7) is 6.19. The molecule has 0 spiro atoms. The Kier molecular flexibility index (Phi) is 5.70. The number of aromatic nitrogens is 3. The van der Waals surface area contributed by atoms with Crippen molar-refractivity contribution in [2.45, 2.75) is 26.3 Å². The summed E-state index contributed by atoms with van der Waals surface area (Å²) in [5.74, 6) is 0.853. The Morgan fingerprint density at radius 1 is 1.24 bits per heavy atom. The topological polar surface area (TPSA) is 74.0 Å². The van der Waals surface area contributed by atoms with Gasteiger partial charge in [-0.25, -0.2) is 4.98 Å². The predicted molar refractivity (Wildman–Crippen MR) is 114 cm³/mol. The number of thiazole rings is 1. The minimum Gasteiger partial charge on any atom is -0.492 e. The molecule has 0 unspecified atom stereocenters. The first-order chi connectivity index (χ1) is 13.9. The highest BCUT2D eigenvalue weighted by Gasteiger charge is 2.32. The van der Waals surface area contributed by atoms with Crippen LogP contribution < -0.4 is 0 Å². The highest BCUT2D eigenvalue weighted by molar-refractivity contribution is 7.17. The molecule has 1 aliphatic heterocycles. The number of amides is 1. The number of aryl methyl sites for hydroxylation is 1. The lowest BCUT2D eigenvalue weighted by Gasteiger charge is -2.38. The first-order valence-electron chi connectivity index (χ1n) is 9.40. The quantitative estimate of drug-likeness (QED) is 0.652. The van der Waals surface area contributed by atoms with Crippen LogP contribution in [0.25, 0.3) is 4.96 Å². The molecule has 1 amide bonds. The Labute approximate surface area is 182 Å². The van der Waals surface area contributed by atoms with Crippen LogP contribution in [-0.2, 0) is 11.2 Å². The third-order valence-corrected chi connectivity index (χ3v) is 7.00. The highest BCUT2D eigenvalue weighted by atomic mass is 35.5. The van der Waals surface area contributed by atoms with Crippen LogP contribution in [0.4, 0.5) is 0 Å². The summed E-state index contributed by atoms with van der Waals surface area (Å²) in [4.78, 5) is 21.7. The molecule has 0 aliphatic carbocycles. The lowest BCUT2D eigenvalue weighted by atomic mass is 10.0. The van der Waals surface area contributed by atoms with Gasteiger partial charge in [0.25, 0.3) is 0 Å². The second-order valence-electron chi connectivity index (χ2n) is 6.98. The molecule has 1 saturated heterocycles. The van der Waals surface area contributed by atoms with Crippen LogP contribution in [0.3, 0.4) is 0 Å². The number of halogens is 2. The smallest absolute Gasteiger partial charge is 0.230 e. The molecule has 1 fully saturated rings. The zero-order chi connectivity index (χ0) is 20.7. The van der Waals surface area contributed by atoms with Gasteiger partial charge in [0.1, 0.15) is 0 Å². The van der Waals surface area contributed by atoms with E-state index in [1.807, 2.05) is 24.0 Å². The van der Waals surface area contributed by atoms with E-state index in [1.165, 1.54) is 15.9 Å². The molecule has 2 aromatic heterocycles. The first kappa shape index (κ1) is 20.4. The summed E-state index contributed by atoms with van der Waals surface area (Å²) in [6.07, 6.45) is 0.701. The zero-order valence-electron chi connectivity index (χ0n) is 16.1.